The molecular formula is C12H11N3O2. The van der Waals surface area contributed by atoms with Gasteiger partial charge in [-0.3, -0.25) is 4.79 Å². The number of aromatic nitrogens is 1. The molecule has 0 aliphatic rings. The van der Waals surface area contributed by atoms with Gasteiger partial charge in [0.05, 0.1) is 6.21 Å². The van der Waals surface area contributed by atoms with E-state index >= 15 is 0 Å². The molecule has 0 bridgehead atoms. The molecule has 1 aromatic carbocycles. The quantitative estimate of drug-likeness (QED) is 0.644. The molecule has 0 aliphatic carbocycles. The third kappa shape index (κ3) is 3.01. The molecule has 1 heterocycles. The predicted octanol–water partition coefficient (Wildman–Crippen LogP) is 1.75. The number of rotatable bonds is 3. The van der Waals surface area contributed by atoms with Gasteiger partial charge in [-0.1, -0.05) is 35.5 Å². The highest BCUT2D eigenvalue weighted by Gasteiger charge is 2.08. The van der Waals surface area contributed by atoms with Gasteiger partial charge in [0.25, 0.3) is 5.91 Å². The first-order valence-corrected chi connectivity index (χ1v) is 5.07. The maximum atomic E-state index is 11.5. The van der Waals surface area contributed by atoms with E-state index in [0.717, 1.165) is 5.56 Å². The van der Waals surface area contributed by atoms with E-state index in [1.165, 1.54) is 0 Å². The van der Waals surface area contributed by atoms with Gasteiger partial charge in [0.1, 0.15) is 5.76 Å². The van der Waals surface area contributed by atoms with E-state index in [0.29, 0.717) is 5.76 Å². The summed E-state index contributed by atoms with van der Waals surface area (Å²) in [5, 5.41) is 7.40. The molecule has 0 fully saturated rings. The van der Waals surface area contributed by atoms with E-state index in [1.54, 1.807) is 19.2 Å². The van der Waals surface area contributed by atoms with Crippen LogP contribution in [0, 0.1) is 6.92 Å². The highest BCUT2D eigenvalue weighted by atomic mass is 16.5. The van der Waals surface area contributed by atoms with E-state index in [2.05, 4.69) is 15.7 Å². The van der Waals surface area contributed by atoms with Crippen LogP contribution in [0.2, 0.25) is 0 Å². The fraction of sp³-hybridized carbons (Fsp3) is 0.0833. The van der Waals surface area contributed by atoms with Crippen molar-refractivity contribution in [1.82, 2.24) is 10.6 Å². The Morgan fingerprint density at radius 3 is 2.82 bits per heavy atom. The number of nitrogens with one attached hydrogen (secondary N) is 1. The van der Waals surface area contributed by atoms with Crippen molar-refractivity contribution in [2.45, 2.75) is 6.92 Å². The summed E-state index contributed by atoms with van der Waals surface area (Å²) in [5.41, 5.74) is 3.49. The summed E-state index contributed by atoms with van der Waals surface area (Å²) < 4.78 is 4.79. The molecule has 0 radical (unpaired) electrons. The molecule has 1 N–H and O–H groups in total. The van der Waals surface area contributed by atoms with Gasteiger partial charge >= 0.3 is 0 Å². The molecule has 5 nitrogen and oxygen atoms in total. The second-order valence-corrected chi connectivity index (χ2v) is 3.43. The van der Waals surface area contributed by atoms with Crippen molar-refractivity contribution >= 4 is 12.1 Å². The van der Waals surface area contributed by atoms with E-state index in [9.17, 15) is 4.79 Å². The first-order valence-electron chi connectivity index (χ1n) is 5.07. The Balaban J connectivity index is 1.95. The molecule has 0 atom stereocenters. The number of nitrogens with zero attached hydrogens (tertiary/aromatic N) is 2. The number of aryl methyl sites for hydroxylation is 1. The van der Waals surface area contributed by atoms with Crippen LogP contribution in [0.25, 0.3) is 0 Å². The van der Waals surface area contributed by atoms with Gasteiger partial charge in [-0.2, -0.15) is 5.10 Å². The minimum atomic E-state index is -0.394. The Hall–Kier alpha value is -2.43. The topological polar surface area (TPSA) is 67.5 Å². The Bertz CT molecular complexity index is 532. The molecule has 2 rings (SSSR count). The van der Waals surface area contributed by atoms with Crippen LogP contribution in [0.1, 0.15) is 21.8 Å². The average molecular weight is 229 g/mol. The smallest absolute Gasteiger partial charge is 0.293 e. The number of hydrazone groups is 1. The van der Waals surface area contributed by atoms with Crippen LogP contribution in [0.5, 0.6) is 0 Å². The van der Waals surface area contributed by atoms with Crippen molar-refractivity contribution in [3.05, 3.63) is 53.4 Å². The van der Waals surface area contributed by atoms with Crippen LogP contribution in [-0.2, 0) is 0 Å². The van der Waals surface area contributed by atoms with Crippen LogP contribution in [0.4, 0.5) is 0 Å². The highest BCUT2D eigenvalue weighted by Crippen LogP contribution is 2.00. The minimum absolute atomic E-state index is 0.215. The Morgan fingerprint density at radius 1 is 1.41 bits per heavy atom. The molecule has 0 unspecified atom stereocenters. The monoisotopic (exact) mass is 229 g/mol. The third-order valence-corrected chi connectivity index (χ3v) is 2.04. The maximum absolute atomic E-state index is 11.5. The summed E-state index contributed by atoms with van der Waals surface area (Å²) >= 11 is 0. The summed E-state index contributed by atoms with van der Waals surface area (Å²) in [6.07, 6.45) is 1.56. The normalized spacial score (nSPS) is 10.6. The van der Waals surface area contributed by atoms with Gasteiger partial charge in [-0.25, -0.2) is 5.43 Å². The second-order valence-electron chi connectivity index (χ2n) is 3.43. The first kappa shape index (κ1) is 11.1. The van der Waals surface area contributed by atoms with Crippen molar-refractivity contribution in [2.75, 3.05) is 0 Å². The fourth-order valence-electron chi connectivity index (χ4n) is 1.24. The summed E-state index contributed by atoms with van der Waals surface area (Å²) in [6, 6.07) is 11.0. The average Bonchev–Trinajstić information content (AvgIpc) is 2.77. The molecule has 1 amide bonds. The van der Waals surface area contributed by atoms with Crippen LogP contribution in [-0.4, -0.2) is 17.3 Å². The predicted molar refractivity (Wildman–Crippen MR) is 62.7 cm³/mol. The zero-order chi connectivity index (χ0) is 12.1. The molecular weight excluding hydrogens is 218 g/mol. The van der Waals surface area contributed by atoms with Gasteiger partial charge in [0, 0.05) is 6.07 Å². The van der Waals surface area contributed by atoms with Crippen LogP contribution in [0.3, 0.4) is 0 Å². The molecule has 5 heteroatoms. The lowest BCUT2D eigenvalue weighted by atomic mass is 10.2. The van der Waals surface area contributed by atoms with Crippen molar-refractivity contribution in [1.29, 1.82) is 0 Å². The van der Waals surface area contributed by atoms with Crippen molar-refractivity contribution in [3.63, 3.8) is 0 Å². The van der Waals surface area contributed by atoms with E-state index in [-0.39, 0.29) is 5.69 Å². The first-order chi connectivity index (χ1) is 8.25. The molecule has 2 aromatic rings. The molecule has 1 aromatic heterocycles. The molecule has 86 valence electrons. The molecule has 17 heavy (non-hydrogen) atoms. The Morgan fingerprint density at radius 2 is 2.18 bits per heavy atom. The number of carbonyl (C=O) groups is 1. The molecule has 0 spiro atoms. The largest absolute Gasteiger partial charge is 0.361 e. The summed E-state index contributed by atoms with van der Waals surface area (Å²) in [5.74, 6) is 0.191. The number of carbonyl (C=O) groups excluding carboxylic acids is 1. The number of benzene rings is 1. The number of amides is 1. The lowest BCUT2D eigenvalue weighted by Gasteiger charge is -1.94. The third-order valence-electron chi connectivity index (χ3n) is 2.04. The summed E-state index contributed by atoms with van der Waals surface area (Å²) in [7, 11) is 0. The van der Waals surface area contributed by atoms with Crippen LogP contribution < -0.4 is 5.43 Å². The van der Waals surface area contributed by atoms with Gasteiger partial charge in [-0.05, 0) is 12.5 Å². The maximum Gasteiger partial charge on any atom is 0.293 e. The zero-order valence-electron chi connectivity index (χ0n) is 9.25. The van der Waals surface area contributed by atoms with Gasteiger partial charge in [0.15, 0.2) is 5.69 Å². The van der Waals surface area contributed by atoms with Gasteiger partial charge < -0.3 is 4.52 Å². The van der Waals surface area contributed by atoms with Crippen molar-refractivity contribution in [2.24, 2.45) is 5.10 Å². The molecule has 0 saturated heterocycles. The second kappa shape index (κ2) is 5.07. The lowest BCUT2D eigenvalue weighted by molar-refractivity contribution is 0.0946. The van der Waals surface area contributed by atoms with E-state index in [1.807, 2.05) is 30.3 Å². The van der Waals surface area contributed by atoms with Gasteiger partial charge in [-0.15, -0.1) is 0 Å². The number of hydrogen-bond acceptors (Lipinski definition) is 4. The standard InChI is InChI=1S/C12H11N3O2/c1-9-7-11(15-17-9)12(16)14-13-8-10-5-3-2-4-6-10/h2-8H,1H3,(H,14,16)/b13-8-. The molecule has 0 aliphatic heterocycles. The van der Waals surface area contributed by atoms with E-state index < -0.39 is 5.91 Å². The van der Waals surface area contributed by atoms with Crippen LogP contribution in [0.15, 0.2) is 46.0 Å². The van der Waals surface area contributed by atoms with Crippen molar-refractivity contribution in [3.8, 4) is 0 Å². The fourth-order valence-corrected chi connectivity index (χ4v) is 1.24. The minimum Gasteiger partial charge on any atom is -0.361 e. The van der Waals surface area contributed by atoms with E-state index in [4.69, 9.17) is 4.52 Å². The SMILES string of the molecule is Cc1cc(C(=O)N/N=C\c2ccccc2)no1. The summed E-state index contributed by atoms with van der Waals surface area (Å²) in [4.78, 5) is 11.5. The highest BCUT2D eigenvalue weighted by molar-refractivity contribution is 5.93. The zero-order valence-corrected chi connectivity index (χ0v) is 9.25. The Labute approximate surface area is 98.1 Å². The lowest BCUT2D eigenvalue weighted by Crippen LogP contribution is -2.17. The van der Waals surface area contributed by atoms with Gasteiger partial charge in [0.2, 0.25) is 0 Å². The molecule has 0 saturated carbocycles. The summed E-state index contributed by atoms with van der Waals surface area (Å²) in [6.45, 7) is 1.72. The Kier molecular flexibility index (Phi) is 3.30. The van der Waals surface area contributed by atoms with Crippen LogP contribution >= 0.6 is 0 Å². The van der Waals surface area contributed by atoms with Crippen molar-refractivity contribution < 1.29 is 9.32 Å². The number of hydrogen-bond donors (Lipinski definition) is 1.